The molecule has 0 bridgehead atoms. The molecule has 0 aliphatic heterocycles. The van der Waals surface area contributed by atoms with Gasteiger partial charge in [-0.3, -0.25) is 4.57 Å². The van der Waals surface area contributed by atoms with Gasteiger partial charge in [0, 0.05) is 6.04 Å². The molecule has 5 nitrogen and oxygen atoms in total. The zero-order valence-electron chi connectivity index (χ0n) is 8.58. The highest BCUT2D eigenvalue weighted by molar-refractivity contribution is 5.03. The van der Waals surface area contributed by atoms with Gasteiger partial charge in [-0.1, -0.05) is 0 Å². The van der Waals surface area contributed by atoms with E-state index in [2.05, 4.69) is 10.2 Å². The van der Waals surface area contributed by atoms with Gasteiger partial charge in [0.1, 0.15) is 0 Å². The molecule has 1 aromatic heterocycles. The van der Waals surface area contributed by atoms with Crippen LogP contribution in [0.1, 0.15) is 45.0 Å². The van der Waals surface area contributed by atoms with Crippen LogP contribution < -0.4 is 11.4 Å². The lowest BCUT2D eigenvalue weighted by Gasteiger charge is -2.29. The van der Waals surface area contributed by atoms with Crippen LogP contribution in [0.25, 0.3) is 0 Å². The standard InChI is InChI=1S/C9H16N4O/c1-9(2,10)7-11-12-8(14)13(7)6-4-3-5-6/h6H,3-5,10H2,1-2H3,(H,12,14). The number of hydrogen-bond acceptors (Lipinski definition) is 3. The molecule has 0 aromatic carbocycles. The summed E-state index contributed by atoms with van der Waals surface area (Å²) in [6.45, 7) is 3.72. The van der Waals surface area contributed by atoms with E-state index in [9.17, 15) is 4.79 Å². The average Bonchev–Trinajstić information content (AvgIpc) is 2.28. The van der Waals surface area contributed by atoms with Gasteiger partial charge in [0.25, 0.3) is 0 Å². The van der Waals surface area contributed by atoms with Gasteiger partial charge >= 0.3 is 5.69 Å². The summed E-state index contributed by atoms with van der Waals surface area (Å²) in [4.78, 5) is 11.5. The van der Waals surface area contributed by atoms with Crippen LogP contribution in [-0.2, 0) is 5.54 Å². The number of hydrogen-bond donors (Lipinski definition) is 2. The summed E-state index contributed by atoms with van der Waals surface area (Å²) >= 11 is 0. The quantitative estimate of drug-likeness (QED) is 0.722. The van der Waals surface area contributed by atoms with Crippen molar-refractivity contribution in [3.63, 3.8) is 0 Å². The second-order valence-corrected chi connectivity index (χ2v) is 4.53. The van der Waals surface area contributed by atoms with Gasteiger partial charge in [0.2, 0.25) is 0 Å². The normalized spacial score (nSPS) is 18.2. The molecule has 1 heterocycles. The van der Waals surface area contributed by atoms with E-state index in [1.54, 1.807) is 4.57 Å². The molecule has 0 atom stereocenters. The molecule has 1 aromatic rings. The maximum atomic E-state index is 11.5. The van der Waals surface area contributed by atoms with Gasteiger partial charge in [-0.25, -0.2) is 9.89 Å². The molecule has 5 heteroatoms. The Labute approximate surface area is 82.3 Å². The van der Waals surface area contributed by atoms with Crippen molar-refractivity contribution < 1.29 is 0 Å². The molecule has 3 N–H and O–H groups in total. The maximum Gasteiger partial charge on any atom is 0.343 e. The fraction of sp³-hybridized carbons (Fsp3) is 0.778. The molecule has 0 unspecified atom stereocenters. The minimum absolute atomic E-state index is 0.136. The van der Waals surface area contributed by atoms with Crippen molar-refractivity contribution >= 4 is 0 Å². The molecule has 1 aliphatic rings. The summed E-state index contributed by atoms with van der Waals surface area (Å²) in [6, 6.07) is 0.305. The Morgan fingerprint density at radius 1 is 1.57 bits per heavy atom. The molecule has 0 saturated heterocycles. The van der Waals surface area contributed by atoms with Crippen LogP contribution in [0.15, 0.2) is 4.79 Å². The minimum Gasteiger partial charge on any atom is -0.319 e. The second-order valence-electron chi connectivity index (χ2n) is 4.53. The molecule has 0 radical (unpaired) electrons. The second kappa shape index (κ2) is 2.95. The Hall–Kier alpha value is -1.10. The Kier molecular flexibility index (Phi) is 1.99. The van der Waals surface area contributed by atoms with E-state index in [4.69, 9.17) is 5.73 Å². The minimum atomic E-state index is -0.561. The Morgan fingerprint density at radius 2 is 2.21 bits per heavy atom. The predicted octanol–water partition coefficient (Wildman–Crippen LogP) is 0.490. The molecule has 78 valence electrons. The van der Waals surface area contributed by atoms with E-state index in [-0.39, 0.29) is 5.69 Å². The third-order valence-electron chi connectivity index (χ3n) is 2.72. The van der Waals surface area contributed by atoms with Crippen molar-refractivity contribution in [2.75, 3.05) is 0 Å². The van der Waals surface area contributed by atoms with E-state index < -0.39 is 5.54 Å². The van der Waals surface area contributed by atoms with E-state index >= 15 is 0 Å². The zero-order valence-corrected chi connectivity index (χ0v) is 8.58. The highest BCUT2D eigenvalue weighted by atomic mass is 16.1. The molecule has 1 aliphatic carbocycles. The van der Waals surface area contributed by atoms with Crippen LogP contribution in [0.5, 0.6) is 0 Å². The fourth-order valence-corrected chi connectivity index (χ4v) is 1.74. The fourth-order valence-electron chi connectivity index (χ4n) is 1.74. The number of nitrogens with zero attached hydrogens (tertiary/aromatic N) is 2. The molecular weight excluding hydrogens is 180 g/mol. The van der Waals surface area contributed by atoms with Crippen LogP contribution in [0, 0.1) is 0 Å². The van der Waals surface area contributed by atoms with Gasteiger partial charge in [0.15, 0.2) is 5.82 Å². The van der Waals surface area contributed by atoms with Crippen molar-refractivity contribution in [1.82, 2.24) is 14.8 Å². The smallest absolute Gasteiger partial charge is 0.319 e. The lowest BCUT2D eigenvalue weighted by molar-refractivity contribution is 0.285. The summed E-state index contributed by atoms with van der Waals surface area (Å²) in [6.07, 6.45) is 3.30. The lowest BCUT2D eigenvalue weighted by Crippen LogP contribution is -2.37. The van der Waals surface area contributed by atoms with Crippen LogP contribution >= 0.6 is 0 Å². The first-order chi connectivity index (χ1) is 6.50. The lowest BCUT2D eigenvalue weighted by atomic mass is 9.92. The Bertz CT molecular complexity index is 380. The molecular formula is C9H16N4O. The number of rotatable bonds is 2. The van der Waals surface area contributed by atoms with E-state index in [1.165, 1.54) is 6.42 Å². The number of H-pyrrole nitrogens is 1. The number of nitrogens with one attached hydrogen (secondary N) is 1. The average molecular weight is 196 g/mol. The van der Waals surface area contributed by atoms with Gasteiger partial charge in [-0.2, -0.15) is 5.10 Å². The van der Waals surface area contributed by atoms with Crippen molar-refractivity contribution in [2.24, 2.45) is 5.73 Å². The molecule has 2 rings (SSSR count). The molecule has 14 heavy (non-hydrogen) atoms. The summed E-state index contributed by atoms with van der Waals surface area (Å²) in [5, 5.41) is 6.46. The molecule has 0 amide bonds. The van der Waals surface area contributed by atoms with E-state index in [0.29, 0.717) is 11.9 Å². The highest BCUT2D eigenvalue weighted by Gasteiger charge is 2.29. The van der Waals surface area contributed by atoms with Crippen molar-refractivity contribution in [3.8, 4) is 0 Å². The SMILES string of the molecule is CC(C)(N)c1n[nH]c(=O)n1C1CCC1. The molecule has 1 saturated carbocycles. The molecule has 0 spiro atoms. The van der Waals surface area contributed by atoms with Gasteiger partial charge < -0.3 is 5.73 Å². The topological polar surface area (TPSA) is 76.7 Å². The first kappa shape index (κ1) is 9.45. The summed E-state index contributed by atoms with van der Waals surface area (Å²) in [5.41, 5.74) is 5.25. The van der Waals surface area contributed by atoms with Crippen LogP contribution in [-0.4, -0.2) is 14.8 Å². The first-order valence-electron chi connectivity index (χ1n) is 4.96. The van der Waals surface area contributed by atoms with Crippen LogP contribution in [0.4, 0.5) is 0 Å². The van der Waals surface area contributed by atoms with Gasteiger partial charge in [-0.05, 0) is 33.1 Å². The van der Waals surface area contributed by atoms with Crippen molar-refractivity contribution in [3.05, 3.63) is 16.3 Å². The summed E-state index contributed by atoms with van der Waals surface area (Å²) in [7, 11) is 0. The first-order valence-corrected chi connectivity index (χ1v) is 4.96. The monoisotopic (exact) mass is 196 g/mol. The number of nitrogens with two attached hydrogens (primary N) is 1. The Morgan fingerprint density at radius 3 is 2.64 bits per heavy atom. The predicted molar refractivity (Wildman–Crippen MR) is 52.9 cm³/mol. The van der Waals surface area contributed by atoms with Crippen LogP contribution in [0.3, 0.4) is 0 Å². The molecule has 1 fully saturated rings. The largest absolute Gasteiger partial charge is 0.343 e. The van der Waals surface area contributed by atoms with Gasteiger partial charge in [0.05, 0.1) is 5.54 Å². The van der Waals surface area contributed by atoms with Crippen molar-refractivity contribution in [2.45, 2.75) is 44.7 Å². The summed E-state index contributed by atoms with van der Waals surface area (Å²) < 4.78 is 1.71. The zero-order chi connectivity index (χ0) is 10.3. The third-order valence-corrected chi connectivity index (χ3v) is 2.72. The number of aromatic nitrogens is 3. The maximum absolute atomic E-state index is 11.5. The summed E-state index contributed by atoms with van der Waals surface area (Å²) in [5.74, 6) is 0.659. The van der Waals surface area contributed by atoms with E-state index in [1.807, 2.05) is 13.8 Å². The van der Waals surface area contributed by atoms with Crippen molar-refractivity contribution in [1.29, 1.82) is 0 Å². The van der Waals surface area contributed by atoms with E-state index in [0.717, 1.165) is 12.8 Å². The Balaban J connectivity index is 2.45. The third kappa shape index (κ3) is 1.37. The number of aromatic amines is 1. The van der Waals surface area contributed by atoms with Gasteiger partial charge in [-0.15, -0.1) is 0 Å². The highest BCUT2D eigenvalue weighted by Crippen LogP contribution is 2.32. The van der Waals surface area contributed by atoms with Crippen LogP contribution in [0.2, 0.25) is 0 Å².